The monoisotopic (exact) mass is 354 g/mol. The Morgan fingerprint density at radius 1 is 1.19 bits per heavy atom. The molecule has 1 atom stereocenters. The van der Waals surface area contributed by atoms with Crippen LogP contribution in [0.25, 0.3) is 11.0 Å². The quantitative estimate of drug-likeness (QED) is 0.651. The van der Waals surface area contributed by atoms with Crippen molar-refractivity contribution in [2.24, 2.45) is 7.05 Å². The smallest absolute Gasteiger partial charge is 0.290 e. The summed E-state index contributed by atoms with van der Waals surface area (Å²) in [4.78, 5) is 15.3. The predicted octanol–water partition coefficient (Wildman–Crippen LogP) is 4.98. The van der Waals surface area contributed by atoms with Gasteiger partial charge in [0.05, 0.1) is 6.04 Å². The maximum absolute atomic E-state index is 14.1. The second kappa shape index (κ2) is 6.63. The number of halogens is 1. The van der Waals surface area contributed by atoms with E-state index in [4.69, 9.17) is 4.42 Å². The third-order valence-electron chi connectivity index (χ3n) is 5.45. The Labute approximate surface area is 152 Å². The van der Waals surface area contributed by atoms with E-state index in [1.54, 1.807) is 12.1 Å². The van der Waals surface area contributed by atoms with Crippen LogP contribution in [0.5, 0.6) is 0 Å². The zero-order valence-corrected chi connectivity index (χ0v) is 15.2. The fourth-order valence-electron chi connectivity index (χ4n) is 4.02. The Kier molecular flexibility index (Phi) is 4.31. The number of hydrogen-bond acceptors (Lipinski definition) is 2. The molecule has 0 bridgehead atoms. The first-order valence-corrected chi connectivity index (χ1v) is 9.17. The van der Waals surface area contributed by atoms with E-state index in [0.717, 1.165) is 31.4 Å². The van der Waals surface area contributed by atoms with E-state index in [-0.39, 0.29) is 23.3 Å². The molecule has 4 nitrogen and oxygen atoms in total. The van der Waals surface area contributed by atoms with Crippen LogP contribution in [0.2, 0.25) is 0 Å². The largest absolute Gasteiger partial charge is 0.448 e. The van der Waals surface area contributed by atoms with E-state index < -0.39 is 5.82 Å². The molecule has 3 heterocycles. The summed E-state index contributed by atoms with van der Waals surface area (Å²) in [7, 11) is 2.00. The first kappa shape index (κ1) is 16.9. The van der Waals surface area contributed by atoms with Crippen molar-refractivity contribution in [2.45, 2.75) is 38.6 Å². The van der Waals surface area contributed by atoms with Gasteiger partial charge >= 0.3 is 0 Å². The van der Waals surface area contributed by atoms with Gasteiger partial charge in [-0.1, -0.05) is 25.0 Å². The number of carbonyl (C=O) groups is 1. The maximum Gasteiger partial charge on any atom is 0.290 e. The molecule has 0 spiro atoms. The maximum atomic E-state index is 14.1. The van der Waals surface area contributed by atoms with Gasteiger partial charge in [-0.2, -0.15) is 0 Å². The molecule has 1 fully saturated rings. The van der Waals surface area contributed by atoms with Gasteiger partial charge in [0, 0.05) is 36.4 Å². The molecule has 1 aromatic carbocycles. The number of aromatic nitrogens is 1. The average molecular weight is 354 g/mol. The SMILES string of the molecule is Cc1c(C(=O)N2CCCCCC2c2cccn2C)oc2c(F)cccc12. The summed E-state index contributed by atoms with van der Waals surface area (Å²) in [5.74, 6) is -0.322. The third kappa shape index (κ3) is 2.71. The van der Waals surface area contributed by atoms with Crippen LogP contribution in [-0.2, 0) is 7.05 Å². The van der Waals surface area contributed by atoms with Gasteiger partial charge in [-0.15, -0.1) is 0 Å². The van der Waals surface area contributed by atoms with E-state index in [1.165, 1.54) is 6.07 Å². The highest BCUT2D eigenvalue weighted by Gasteiger charge is 2.32. The molecule has 3 aromatic rings. The summed E-state index contributed by atoms with van der Waals surface area (Å²) >= 11 is 0. The number of hydrogen-bond donors (Lipinski definition) is 0. The van der Waals surface area contributed by atoms with Crippen molar-refractivity contribution in [3.05, 3.63) is 59.4 Å². The standard InChI is InChI=1S/C21H23FN2O2/c1-14-15-8-6-9-16(22)20(15)26-19(14)21(25)24-13-5-3-4-10-18(24)17-11-7-12-23(17)2/h6-9,11-12,18H,3-5,10,13H2,1-2H3. The molecule has 1 amide bonds. The van der Waals surface area contributed by atoms with Gasteiger partial charge in [0.1, 0.15) is 0 Å². The van der Waals surface area contributed by atoms with Gasteiger partial charge in [0.2, 0.25) is 0 Å². The summed E-state index contributed by atoms with van der Waals surface area (Å²) in [6.07, 6.45) is 6.11. The van der Waals surface area contributed by atoms with Crippen molar-refractivity contribution < 1.29 is 13.6 Å². The molecule has 5 heteroatoms. The summed E-state index contributed by atoms with van der Waals surface area (Å²) < 4.78 is 21.9. The Morgan fingerprint density at radius 2 is 2.04 bits per heavy atom. The number of carbonyl (C=O) groups excluding carboxylic acids is 1. The lowest BCUT2D eigenvalue weighted by Gasteiger charge is -2.30. The molecule has 26 heavy (non-hydrogen) atoms. The number of nitrogens with zero attached hydrogens (tertiary/aromatic N) is 2. The molecule has 1 aliphatic rings. The molecule has 0 saturated carbocycles. The van der Waals surface area contributed by atoms with Crippen LogP contribution >= 0.6 is 0 Å². The van der Waals surface area contributed by atoms with Crippen molar-refractivity contribution >= 4 is 16.9 Å². The minimum Gasteiger partial charge on any atom is -0.448 e. The number of para-hydroxylation sites is 1. The molecule has 0 N–H and O–H groups in total. The molecule has 1 aliphatic heterocycles. The fourth-order valence-corrected chi connectivity index (χ4v) is 4.02. The minimum absolute atomic E-state index is 0.0162. The highest BCUT2D eigenvalue weighted by Crippen LogP contribution is 2.34. The number of benzene rings is 1. The molecule has 2 aromatic heterocycles. The predicted molar refractivity (Wildman–Crippen MR) is 98.6 cm³/mol. The van der Waals surface area contributed by atoms with Crippen LogP contribution in [0.3, 0.4) is 0 Å². The summed E-state index contributed by atoms with van der Waals surface area (Å²) in [6, 6.07) is 8.89. The first-order chi connectivity index (χ1) is 12.6. The summed E-state index contributed by atoms with van der Waals surface area (Å²) in [5.41, 5.74) is 2.00. The number of likely N-dealkylation sites (tertiary alicyclic amines) is 1. The lowest BCUT2D eigenvalue weighted by Crippen LogP contribution is -2.35. The summed E-state index contributed by atoms with van der Waals surface area (Å²) in [5, 5.41) is 0.665. The molecule has 4 rings (SSSR count). The van der Waals surface area contributed by atoms with Crippen LogP contribution in [0, 0.1) is 12.7 Å². The number of furan rings is 1. The topological polar surface area (TPSA) is 38.4 Å². The molecule has 136 valence electrons. The second-order valence-corrected chi connectivity index (χ2v) is 7.08. The first-order valence-electron chi connectivity index (χ1n) is 9.17. The van der Waals surface area contributed by atoms with Crippen LogP contribution in [0.1, 0.15) is 53.5 Å². The van der Waals surface area contributed by atoms with Gasteiger partial charge in [-0.25, -0.2) is 4.39 Å². The number of aryl methyl sites for hydroxylation is 2. The Morgan fingerprint density at radius 3 is 2.77 bits per heavy atom. The molecule has 1 unspecified atom stereocenters. The normalized spacial score (nSPS) is 18.3. The zero-order valence-electron chi connectivity index (χ0n) is 15.2. The molecular weight excluding hydrogens is 331 g/mol. The van der Waals surface area contributed by atoms with Crippen LogP contribution < -0.4 is 0 Å². The van der Waals surface area contributed by atoms with Gasteiger partial charge in [0.25, 0.3) is 5.91 Å². The van der Waals surface area contributed by atoms with Crippen LogP contribution in [0.4, 0.5) is 4.39 Å². The highest BCUT2D eigenvalue weighted by atomic mass is 19.1. The van der Waals surface area contributed by atoms with Gasteiger partial charge in [-0.05, 0) is 38.0 Å². The number of rotatable bonds is 2. The number of amides is 1. The zero-order chi connectivity index (χ0) is 18.3. The molecule has 0 radical (unpaired) electrons. The molecule has 0 aliphatic carbocycles. The lowest BCUT2D eigenvalue weighted by atomic mass is 10.1. The Balaban J connectivity index is 1.77. The van der Waals surface area contributed by atoms with Gasteiger partial charge in [-0.3, -0.25) is 4.79 Å². The van der Waals surface area contributed by atoms with Crippen LogP contribution in [0.15, 0.2) is 40.9 Å². The van der Waals surface area contributed by atoms with Gasteiger partial charge < -0.3 is 13.9 Å². The van der Waals surface area contributed by atoms with Crippen molar-refractivity contribution in [2.75, 3.05) is 6.54 Å². The third-order valence-corrected chi connectivity index (χ3v) is 5.45. The molecule has 1 saturated heterocycles. The van der Waals surface area contributed by atoms with E-state index in [2.05, 4.69) is 10.6 Å². The summed E-state index contributed by atoms with van der Waals surface area (Å²) in [6.45, 7) is 2.52. The van der Waals surface area contributed by atoms with Crippen molar-refractivity contribution in [1.82, 2.24) is 9.47 Å². The average Bonchev–Trinajstić information content (AvgIpc) is 3.10. The van der Waals surface area contributed by atoms with E-state index in [9.17, 15) is 9.18 Å². The van der Waals surface area contributed by atoms with Crippen molar-refractivity contribution in [3.63, 3.8) is 0 Å². The second-order valence-electron chi connectivity index (χ2n) is 7.08. The number of fused-ring (bicyclic) bond motifs is 1. The van der Waals surface area contributed by atoms with E-state index in [0.29, 0.717) is 17.5 Å². The lowest BCUT2D eigenvalue weighted by molar-refractivity contribution is 0.0643. The fraction of sp³-hybridized carbons (Fsp3) is 0.381. The van der Waals surface area contributed by atoms with Crippen LogP contribution in [-0.4, -0.2) is 21.9 Å². The van der Waals surface area contributed by atoms with Crippen molar-refractivity contribution in [3.8, 4) is 0 Å². The Bertz CT molecular complexity index is 956. The molecular formula is C21H23FN2O2. The Hall–Kier alpha value is -2.56. The van der Waals surface area contributed by atoms with E-state index in [1.807, 2.05) is 31.1 Å². The van der Waals surface area contributed by atoms with Gasteiger partial charge in [0.15, 0.2) is 17.2 Å². The van der Waals surface area contributed by atoms with E-state index >= 15 is 0 Å². The minimum atomic E-state index is -0.431. The van der Waals surface area contributed by atoms with Crippen molar-refractivity contribution in [1.29, 1.82) is 0 Å². The highest BCUT2D eigenvalue weighted by molar-refractivity contribution is 5.99.